The second-order valence-electron chi connectivity index (χ2n) is 4.07. The van der Waals surface area contributed by atoms with Crippen molar-refractivity contribution in [2.75, 3.05) is 0 Å². The van der Waals surface area contributed by atoms with Crippen LogP contribution in [0.2, 0.25) is 10.0 Å². The van der Waals surface area contributed by atoms with E-state index in [2.05, 4.69) is 9.84 Å². The number of ketones is 1. The van der Waals surface area contributed by atoms with Crippen LogP contribution in [0.5, 0.6) is 5.75 Å². The molecule has 0 amide bonds. The average molecular weight is 349 g/mol. The summed E-state index contributed by atoms with van der Waals surface area (Å²) in [4.78, 5) is 24.0. The second kappa shape index (κ2) is 6.85. The van der Waals surface area contributed by atoms with Gasteiger partial charge in [-0.1, -0.05) is 35.3 Å². The first-order valence-electron chi connectivity index (χ1n) is 5.88. The fourth-order valence-electron chi connectivity index (χ4n) is 1.67. The molecule has 22 heavy (non-hydrogen) atoms. The Hall–Kier alpha value is -1.99. The lowest BCUT2D eigenvalue weighted by atomic mass is 10.1. The number of hydrogen-bond donors (Lipinski definition) is 0. The molecule has 2 rings (SSSR count). The van der Waals surface area contributed by atoms with Crippen molar-refractivity contribution in [3.8, 4) is 5.75 Å². The van der Waals surface area contributed by atoms with E-state index in [0.717, 1.165) is 10.9 Å². The first kappa shape index (κ1) is 16.4. The zero-order valence-corrected chi connectivity index (χ0v) is 12.3. The number of ether oxygens (including phenoxy) is 1. The number of alkyl halides is 2. The summed E-state index contributed by atoms with van der Waals surface area (Å²) in [5.41, 5.74) is -0.850. The number of nitrogens with zero attached hydrogens (tertiary/aromatic N) is 2. The zero-order valence-electron chi connectivity index (χ0n) is 10.8. The van der Waals surface area contributed by atoms with Gasteiger partial charge in [0, 0.05) is 0 Å². The van der Waals surface area contributed by atoms with Crippen LogP contribution in [0, 0.1) is 0 Å². The van der Waals surface area contributed by atoms with Crippen LogP contribution in [0.4, 0.5) is 8.78 Å². The van der Waals surface area contributed by atoms with Crippen LogP contribution in [0.25, 0.3) is 0 Å². The topological polar surface area (TPSA) is 61.2 Å². The molecule has 1 aromatic heterocycles. The van der Waals surface area contributed by atoms with Gasteiger partial charge < -0.3 is 4.74 Å². The Morgan fingerprint density at radius 2 is 2.00 bits per heavy atom. The van der Waals surface area contributed by atoms with Gasteiger partial charge in [0.1, 0.15) is 17.3 Å². The predicted octanol–water partition coefficient (Wildman–Crippen LogP) is 3.03. The summed E-state index contributed by atoms with van der Waals surface area (Å²) in [5.74, 6) is -0.917. The minimum absolute atomic E-state index is 0.0446. The normalized spacial score (nSPS) is 10.8. The van der Waals surface area contributed by atoms with Crippen molar-refractivity contribution in [1.29, 1.82) is 0 Å². The summed E-state index contributed by atoms with van der Waals surface area (Å²) in [6, 6.07) is 5.46. The fourth-order valence-corrected chi connectivity index (χ4v) is 1.95. The molecule has 2 aromatic rings. The molecule has 0 spiro atoms. The van der Waals surface area contributed by atoms with E-state index in [4.69, 9.17) is 23.2 Å². The number of halogens is 4. The van der Waals surface area contributed by atoms with Gasteiger partial charge in [-0.25, -0.2) is 4.68 Å². The zero-order chi connectivity index (χ0) is 16.3. The van der Waals surface area contributed by atoms with Crippen molar-refractivity contribution >= 4 is 29.0 Å². The van der Waals surface area contributed by atoms with Gasteiger partial charge in [-0.2, -0.15) is 13.9 Å². The second-order valence-corrected chi connectivity index (χ2v) is 4.85. The molecule has 0 radical (unpaired) electrons. The van der Waals surface area contributed by atoms with Crippen LogP contribution in [-0.4, -0.2) is 22.2 Å². The number of hydrogen-bond acceptors (Lipinski definition) is 4. The maximum absolute atomic E-state index is 12.3. The Labute approximate surface area is 133 Å². The Balaban J connectivity index is 2.31. The van der Waals surface area contributed by atoms with E-state index in [1.54, 1.807) is 0 Å². The molecular formula is C13H8Cl2F2N2O3. The number of Topliss-reactive ketones (excluding diaryl/α,β-unsaturated/α-hetero) is 1. The molecule has 1 heterocycles. The molecule has 0 saturated carbocycles. The van der Waals surface area contributed by atoms with Crippen LogP contribution in [0.15, 0.2) is 35.3 Å². The van der Waals surface area contributed by atoms with Crippen molar-refractivity contribution in [3.05, 3.63) is 56.4 Å². The summed E-state index contributed by atoms with van der Waals surface area (Å²) in [7, 11) is 0. The van der Waals surface area contributed by atoms with E-state index in [-0.39, 0.29) is 21.4 Å². The largest absolute Gasteiger partial charge is 0.434 e. The van der Waals surface area contributed by atoms with Crippen molar-refractivity contribution in [2.45, 2.75) is 13.2 Å². The molecule has 0 fully saturated rings. The van der Waals surface area contributed by atoms with Crippen molar-refractivity contribution in [2.24, 2.45) is 0 Å². The summed E-state index contributed by atoms with van der Waals surface area (Å²) >= 11 is 11.3. The maximum atomic E-state index is 12.3. The monoisotopic (exact) mass is 348 g/mol. The molecule has 0 N–H and O–H groups in total. The molecule has 0 bridgehead atoms. The van der Waals surface area contributed by atoms with E-state index < -0.39 is 24.5 Å². The van der Waals surface area contributed by atoms with Gasteiger partial charge in [-0.15, -0.1) is 0 Å². The lowest BCUT2D eigenvalue weighted by Gasteiger charge is -2.10. The highest BCUT2D eigenvalue weighted by Gasteiger charge is 2.17. The van der Waals surface area contributed by atoms with E-state index in [9.17, 15) is 18.4 Å². The molecule has 0 aliphatic heterocycles. The molecule has 0 atom stereocenters. The predicted molar refractivity (Wildman–Crippen MR) is 75.9 cm³/mol. The first-order valence-corrected chi connectivity index (χ1v) is 6.64. The van der Waals surface area contributed by atoms with E-state index >= 15 is 0 Å². The Bertz CT molecular complexity index is 765. The van der Waals surface area contributed by atoms with Gasteiger partial charge in [-0.3, -0.25) is 9.59 Å². The molecule has 0 aliphatic rings. The Morgan fingerprint density at radius 3 is 2.68 bits per heavy atom. The molecule has 5 nitrogen and oxygen atoms in total. The maximum Gasteiger partial charge on any atom is 0.387 e. The highest BCUT2D eigenvalue weighted by atomic mass is 35.5. The fraction of sp³-hybridized carbons (Fsp3) is 0.154. The summed E-state index contributed by atoms with van der Waals surface area (Å²) in [6.07, 6.45) is 1.11. The lowest BCUT2D eigenvalue weighted by molar-refractivity contribution is -0.0501. The van der Waals surface area contributed by atoms with Crippen LogP contribution in [0.3, 0.4) is 0 Å². The molecular weight excluding hydrogens is 341 g/mol. The number of carbonyl (C=O) groups excluding carboxylic acids is 1. The molecule has 9 heteroatoms. The average Bonchev–Trinajstić information content (AvgIpc) is 2.48. The standard InChI is InChI=1S/C13H8Cl2F2N2O3/c14-8-5-18-19(12(21)11(8)15)6-9(20)7-3-1-2-4-10(7)22-13(16)17/h1-5,13H,6H2. The van der Waals surface area contributed by atoms with Crippen LogP contribution in [-0.2, 0) is 6.54 Å². The number of para-hydroxylation sites is 1. The molecule has 116 valence electrons. The van der Waals surface area contributed by atoms with Crippen molar-refractivity contribution in [3.63, 3.8) is 0 Å². The van der Waals surface area contributed by atoms with Gasteiger partial charge in [-0.05, 0) is 12.1 Å². The highest BCUT2D eigenvalue weighted by Crippen LogP contribution is 2.21. The summed E-state index contributed by atoms with van der Waals surface area (Å²) < 4.78 is 29.7. The van der Waals surface area contributed by atoms with E-state index in [1.807, 2.05) is 0 Å². The third kappa shape index (κ3) is 3.61. The summed E-state index contributed by atoms with van der Waals surface area (Å²) in [6.45, 7) is -3.56. The number of benzene rings is 1. The van der Waals surface area contributed by atoms with Crippen LogP contribution < -0.4 is 10.3 Å². The van der Waals surface area contributed by atoms with Gasteiger partial charge in [0.05, 0.1) is 16.8 Å². The third-order valence-corrected chi connectivity index (χ3v) is 3.39. The minimum Gasteiger partial charge on any atom is -0.434 e. The number of aromatic nitrogens is 2. The smallest absolute Gasteiger partial charge is 0.387 e. The molecule has 0 aliphatic carbocycles. The van der Waals surface area contributed by atoms with Gasteiger partial charge in [0.15, 0.2) is 5.78 Å². The highest BCUT2D eigenvalue weighted by molar-refractivity contribution is 6.41. The Morgan fingerprint density at radius 1 is 1.32 bits per heavy atom. The van der Waals surface area contributed by atoms with Gasteiger partial charge in [0.2, 0.25) is 0 Å². The minimum atomic E-state index is -3.07. The lowest BCUT2D eigenvalue weighted by Crippen LogP contribution is -2.27. The molecule has 0 unspecified atom stereocenters. The van der Waals surface area contributed by atoms with E-state index in [0.29, 0.717) is 0 Å². The third-order valence-electron chi connectivity index (χ3n) is 2.64. The van der Waals surface area contributed by atoms with Gasteiger partial charge >= 0.3 is 6.61 Å². The molecule has 0 saturated heterocycles. The van der Waals surface area contributed by atoms with Crippen molar-refractivity contribution < 1.29 is 18.3 Å². The van der Waals surface area contributed by atoms with Gasteiger partial charge in [0.25, 0.3) is 5.56 Å². The quantitative estimate of drug-likeness (QED) is 0.779. The number of rotatable bonds is 5. The first-order chi connectivity index (χ1) is 10.4. The van der Waals surface area contributed by atoms with Crippen LogP contribution >= 0.6 is 23.2 Å². The Kier molecular flexibility index (Phi) is 5.10. The number of carbonyl (C=O) groups is 1. The van der Waals surface area contributed by atoms with Crippen molar-refractivity contribution in [1.82, 2.24) is 9.78 Å². The summed E-state index contributed by atoms with van der Waals surface area (Å²) in [5, 5.41) is 3.35. The molecule has 1 aromatic carbocycles. The van der Waals surface area contributed by atoms with Crippen LogP contribution in [0.1, 0.15) is 10.4 Å². The van der Waals surface area contributed by atoms with E-state index in [1.165, 1.54) is 24.3 Å². The SMILES string of the molecule is O=C(Cn1ncc(Cl)c(Cl)c1=O)c1ccccc1OC(F)F.